The number of nitrogens with zero attached hydrogens (tertiary/aromatic N) is 1. The molecule has 0 radical (unpaired) electrons. The normalized spacial score (nSPS) is 15.2. The molecule has 94 valence electrons. The minimum atomic E-state index is -0.510. The van der Waals surface area contributed by atoms with Crippen molar-refractivity contribution in [1.82, 2.24) is 5.06 Å². The van der Waals surface area contributed by atoms with E-state index in [9.17, 15) is 14.4 Å². The summed E-state index contributed by atoms with van der Waals surface area (Å²) in [4.78, 5) is 38.5. The third-order valence-corrected chi connectivity index (χ3v) is 2.95. The topological polar surface area (TPSA) is 63.7 Å². The Morgan fingerprint density at radius 3 is 2.59 bits per heavy atom. The summed E-state index contributed by atoms with van der Waals surface area (Å²) >= 11 is 3.04. The molecule has 0 aromatic rings. The molecule has 0 bridgehead atoms. The van der Waals surface area contributed by atoms with Crippen molar-refractivity contribution in [3.8, 4) is 0 Å². The van der Waals surface area contributed by atoms with Crippen LogP contribution in [-0.4, -0.2) is 28.1 Å². The van der Waals surface area contributed by atoms with Crippen LogP contribution in [0.25, 0.3) is 0 Å². The molecule has 5 nitrogen and oxygen atoms in total. The molecule has 6 heteroatoms. The number of hydrogen-bond donors (Lipinski definition) is 0. The number of Topliss-reactive ketones (excluding diaryl/α,β-unsaturated/α-hetero) is 1. The molecule has 1 aliphatic heterocycles. The van der Waals surface area contributed by atoms with Gasteiger partial charge in [-0.05, 0) is 12.8 Å². The Morgan fingerprint density at radius 1 is 1.35 bits per heavy atom. The number of hydroxylamine groups is 2. The summed E-state index contributed by atoms with van der Waals surface area (Å²) in [6.07, 6.45) is 1.73. The summed E-state index contributed by atoms with van der Waals surface area (Å²) in [5, 5.41) is 1.25. The molecule has 1 saturated heterocycles. The second-order valence-corrected chi connectivity index (χ2v) is 4.30. The van der Waals surface area contributed by atoms with Crippen molar-refractivity contribution in [3.63, 3.8) is 0 Å². The quantitative estimate of drug-likeness (QED) is 0.701. The smallest absolute Gasteiger partial charge is 0.333 e. The van der Waals surface area contributed by atoms with Gasteiger partial charge in [0.25, 0.3) is 5.91 Å². The van der Waals surface area contributed by atoms with E-state index in [2.05, 4.69) is 22.5 Å². The highest BCUT2D eigenvalue weighted by molar-refractivity contribution is 9.09. The summed E-state index contributed by atoms with van der Waals surface area (Å²) in [6, 6.07) is 0. The van der Waals surface area contributed by atoms with Gasteiger partial charge in [-0.2, -0.15) is 0 Å². The van der Waals surface area contributed by atoms with Crippen molar-refractivity contribution in [3.05, 3.63) is 12.3 Å². The fourth-order valence-corrected chi connectivity index (χ4v) is 1.67. The van der Waals surface area contributed by atoms with Crippen molar-refractivity contribution >= 4 is 33.6 Å². The summed E-state index contributed by atoms with van der Waals surface area (Å²) < 4.78 is 0. The van der Waals surface area contributed by atoms with E-state index < -0.39 is 5.97 Å². The van der Waals surface area contributed by atoms with E-state index in [1.165, 1.54) is 0 Å². The zero-order valence-corrected chi connectivity index (χ0v) is 11.0. The van der Waals surface area contributed by atoms with Gasteiger partial charge in [0.05, 0.1) is 11.0 Å². The summed E-state index contributed by atoms with van der Waals surface area (Å²) in [7, 11) is 0. The first-order valence-electron chi connectivity index (χ1n) is 5.33. The van der Waals surface area contributed by atoms with E-state index in [4.69, 9.17) is 4.84 Å². The van der Waals surface area contributed by atoms with Gasteiger partial charge in [0.15, 0.2) is 0 Å². The lowest BCUT2D eigenvalue weighted by atomic mass is 10.2. The van der Waals surface area contributed by atoms with Gasteiger partial charge in [-0.15, -0.1) is 5.06 Å². The second kappa shape index (κ2) is 6.54. The van der Waals surface area contributed by atoms with Crippen LogP contribution in [0.3, 0.4) is 0 Å². The minimum absolute atomic E-state index is 0.0412. The highest BCUT2D eigenvalue weighted by atomic mass is 79.9. The number of halogens is 1. The van der Waals surface area contributed by atoms with Crippen LogP contribution in [0.1, 0.15) is 32.1 Å². The molecule has 1 aliphatic rings. The van der Waals surface area contributed by atoms with Crippen molar-refractivity contribution in [2.45, 2.75) is 32.1 Å². The zero-order chi connectivity index (χ0) is 12.8. The largest absolute Gasteiger partial charge is 0.334 e. The highest BCUT2D eigenvalue weighted by Gasteiger charge is 2.27. The van der Waals surface area contributed by atoms with Gasteiger partial charge in [-0.3, -0.25) is 9.59 Å². The van der Waals surface area contributed by atoms with Gasteiger partial charge in [-0.1, -0.05) is 22.5 Å². The fraction of sp³-hybridized carbons (Fsp3) is 0.545. The lowest BCUT2D eigenvalue weighted by molar-refractivity contribution is -0.186. The molecule has 0 aromatic carbocycles. The van der Waals surface area contributed by atoms with E-state index in [0.717, 1.165) is 5.06 Å². The summed E-state index contributed by atoms with van der Waals surface area (Å²) in [5.74, 6) is -0.719. The van der Waals surface area contributed by atoms with E-state index in [0.29, 0.717) is 36.7 Å². The monoisotopic (exact) mass is 303 g/mol. The number of carbonyl (C=O) groups is 3. The maximum absolute atomic E-state index is 11.4. The van der Waals surface area contributed by atoms with Gasteiger partial charge >= 0.3 is 5.97 Å². The molecule has 17 heavy (non-hydrogen) atoms. The number of ketones is 1. The molecule has 0 spiro atoms. The van der Waals surface area contributed by atoms with Crippen LogP contribution in [0.2, 0.25) is 0 Å². The Bertz CT molecular complexity index is 337. The Hall–Kier alpha value is -1.17. The first kappa shape index (κ1) is 13.9. The van der Waals surface area contributed by atoms with Crippen LogP contribution in [-0.2, 0) is 19.2 Å². The second-order valence-electron chi connectivity index (χ2n) is 3.74. The minimum Gasteiger partial charge on any atom is -0.334 e. The van der Waals surface area contributed by atoms with Gasteiger partial charge in [0.2, 0.25) is 0 Å². The Labute approximate surface area is 108 Å². The highest BCUT2D eigenvalue weighted by Crippen LogP contribution is 2.21. The lowest BCUT2D eigenvalue weighted by Crippen LogP contribution is -2.26. The maximum Gasteiger partial charge on any atom is 0.333 e. The SMILES string of the molecule is C=C1CCC(=O)N1OC(=O)CCCC(=O)CBr. The number of rotatable bonds is 6. The van der Waals surface area contributed by atoms with E-state index in [-0.39, 0.29) is 18.1 Å². The standard InChI is InChI=1S/C11H14BrNO4/c1-8-5-6-10(15)13(8)17-11(16)4-2-3-9(14)7-12/h1-7H2. The first-order chi connectivity index (χ1) is 8.04. The number of amides is 1. The van der Waals surface area contributed by atoms with Gasteiger partial charge < -0.3 is 4.84 Å². The maximum atomic E-state index is 11.4. The van der Waals surface area contributed by atoms with Crippen LogP contribution in [0.15, 0.2) is 12.3 Å². The van der Waals surface area contributed by atoms with Crippen LogP contribution in [0.4, 0.5) is 0 Å². The Balaban J connectivity index is 2.27. The third kappa shape index (κ3) is 4.30. The van der Waals surface area contributed by atoms with E-state index >= 15 is 0 Å². The number of alkyl halides is 1. The van der Waals surface area contributed by atoms with Gasteiger partial charge in [-0.25, -0.2) is 4.79 Å². The van der Waals surface area contributed by atoms with Crippen molar-refractivity contribution < 1.29 is 19.2 Å². The molecule has 1 heterocycles. The van der Waals surface area contributed by atoms with Gasteiger partial charge in [0.1, 0.15) is 5.78 Å². The molecular formula is C11H14BrNO4. The van der Waals surface area contributed by atoms with Crippen LogP contribution in [0.5, 0.6) is 0 Å². The fourth-order valence-electron chi connectivity index (χ4n) is 1.39. The molecule has 1 amide bonds. The molecule has 0 atom stereocenters. The van der Waals surface area contributed by atoms with E-state index in [1.807, 2.05) is 0 Å². The molecule has 1 fully saturated rings. The van der Waals surface area contributed by atoms with Crippen LogP contribution >= 0.6 is 15.9 Å². The number of allylic oxidation sites excluding steroid dienone is 1. The van der Waals surface area contributed by atoms with E-state index in [1.54, 1.807) is 0 Å². The predicted molar refractivity (Wildman–Crippen MR) is 64.0 cm³/mol. The third-order valence-electron chi connectivity index (χ3n) is 2.32. The lowest BCUT2D eigenvalue weighted by Gasteiger charge is -2.15. The molecule has 0 unspecified atom stereocenters. The summed E-state index contributed by atoms with van der Waals surface area (Å²) in [5.41, 5.74) is 0.500. The summed E-state index contributed by atoms with van der Waals surface area (Å²) in [6.45, 7) is 3.63. The zero-order valence-electron chi connectivity index (χ0n) is 9.41. The van der Waals surface area contributed by atoms with Gasteiger partial charge in [0, 0.05) is 19.3 Å². The van der Waals surface area contributed by atoms with Crippen LogP contribution < -0.4 is 0 Å². The van der Waals surface area contributed by atoms with Crippen molar-refractivity contribution in [2.75, 3.05) is 5.33 Å². The Morgan fingerprint density at radius 2 is 2.06 bits per heavy atom. The van der Waals surface area contributed by atoms with Crippen LogP contribution in [0, 0.1) is 0 Å². The molecule has 0 aliphatic carbocycles. The molecule has 0 aromatic heterocycles. The van der Waals surface area contributed by atoms with Crippen molar-refractivity contribution in [1.29, 1.82) is 0 Å². The average molecular weight is 304 g/mol. The first-order valence-corrected chi connectivity index (χ1v) is 6.46. The molecule has 0 N–H and O–H groups in total. The predicted octanol–water partition coefficient (Wildman–Crippen LogP) is 1.72. The number of carbonyl (C=O) groups excluding carboxylic acids is 3. The Kier molecular flexibility index (Phi) is 5.34. The van der Waals surface area contributed by atoms with Crippen molar-refractivity contribution in [2.24, 2.45) is 0 Å². The molecular weight excluding hydrogens is 290 g/mol. The molecule has 1 rings (SSSR count). The number of hydrogen-bond acceptors (Lipinski definition) is 4. The average Bonchev–Trinajstić information content (AvgIpc) is 2.60. The molecule has 0 saturated carbocycles.